The number of aromatic hydroxyl groups is 1. The van der Waals surface area contributed by atoms with Crippen molar-refractivity contribution in [3.05, 3.63) is 59.4 Å². The molecule has 0 bridgehead atoms. The minimum atomic E-state index is -3.97. The van der Waals surface area contributed by atoms with Crippen LogP contribution in [0.15, 0.2) is 56.2 Å². The summed E-state index contributed by atoms with van der Waals surface area (Å²) in [6.45, 7) is 2.09. The number of fused-ring (bicyclic) bond motifs is 3. The second kappa shape index (κ2) is 6.24. The summed E-state index contributed by atoms with van der Waals surface area (Å²) in [5.74, 6) is -0.471. The Morgan fingerprint density at radius 2 is 1.89 bits per heavy atom. The number of aryl methyl sites for hydroxylation is 1. The number of rotatable bonds is 2. The van der Waals surface area contributed by atoms with Gasteiger partial charge in [-0.25, -0.2) is 0 Å². The molecule has 2 heterocycles. The van der Waals surface area contributed by atoms with Gasteiger partial charge in [0.1, 0.15) is 11.3 Å². The summed E-state index contributed by atoms with van der Waals surface area (Å²) >= 11 is 0. The van der Waals surface area contributed by atoms with Gasteiger partial charge in [0.05, 0.1) is 16.2 Å². The van der Waals surface area contributed by atoms with Gasteiger partial charge in [-0.15, -0.1) is 0 Å². The Balaban J connectivity index is 1.94. The van der Waals surface area contributed by atoms with Crippen LogP contribution in [0.3, 0.4) is 0 Å². The van der Waals surface area contributed by atoms with Gasteiger partial charge in [0.25, 0.3) is 15.9 Å². The van der Waals surface area contributed by atoms with Crippen molar-refractivity contribution in [1.29, 1.82) is 0 Å². The molecule has 138 valence electrons. The summed E-state index contributed by atoms with van der Waals surface area (Å²) in [4.78, 5) is 12.4. The molecule has 1 amide bonds. The Kier molecular flexibility index (Phi) is 4.00. The number of furan rings is 1. The van der Waals surface area contributed by atoms with Crippen LogP contribution in [0.2, 0.25) is 0 Å². The lowest BCUT2D eigenvalue weighted by Crippen LogP contribution is -2.22. The summed E-state index contributed by atoms with van der Waals surface area (Å²) in [5, 5.41) is 12.9. The Hall–Kier alpha value is -3.13. The Bertz CT molecular complexity index is 1190. The number of phenols is 1. The first kappa shape index (κ1) is 17.3. The highest BCUT2D eigenvalue weighted by molar-refractivity contribution is 7.90. The smallest absolute Gasteiger partial charge is 0.287 e. The average Bonchev–Trinajstić information content (AvgIpc) is 2.92. The highest BCUT2D eigenvalue weighted by Gasteiger charge is 2.29. The fourth-order valence-corrected chi connectivity index (χ4v) is 4.09. The molecule has 0 radical (unpaired) electrons. The van der Waals surface area contributed by atoms with Crippen LogP contribution in [0.5, 0.6) is 5.75 Å². The van der Waals surface area contributed by atoms with Crippen molar-refractivity contribution in [1.82, 2.24) is 5.32 Å². The number of benzene rings is 2. The summed E-state index contributed by atoms with van der Waals surface area (Å²) in [6, 6.07) is 10.8. The lowest BCUT2D eigenvalue weighted by atomic mass is 10.0. The van der Waals surface area contributed by atoms with Crippen LogP contribution in [-0.4, -0.2) is 31.7 Å². The van der Waals surface area contributed by atoms with Crippen molar-refractivity contribution in [3.8, 4) is 5.75 Å². The maximum Gasteiger partial charge on any atom is 0.287 e. The SMILES string of the molecule is Cc1ccc(S(=O)(=O)/N=C2/CCNC(=O)c3oc4ccc(O)cc4c32)cc1. The summed E-state index contributed by atoms with van der Waals surface area (Å²) in [7, 11) is -3.97. The molecule has 1 aliphatic rings. The van der Waals surface area contributed by atoms with Crippen molar-refractivity contribution in [2.75, 3.05) is 6.54 Å². The van der Waals surface area contributed by atoms with E-state index in [4.69, 9.17) is 4.42 Å². The minimum Gasteiger partial charge on any atom is -0.508 e. The van der Waals surface area contributed by atoms with Crippen LogP contribution in [0.4, 0.5) is 0 Å². The molecule has 4 rings (SSSR count). The Morgan fingerprint density at radius 1 is 1.15 bits per heavy atom. The van der Waals surface area contributed by atoms with E-state index >= 15 is 0 Å². The predicted molar refractivity (Wildman–Crippen MR) is 99.7 cm³/mol. The van der Waals surface area contributed by atoms with E-state index in [1.165, 1.54) is 30.3 Å². The van der Waals surface area contributed by atoms with Crippen LogP contribution >= 0.6 is 0 Å². The summed E-state index contributed by atoms with van der Waals surface area (Å²) in [5.41, 5.74) is 1.82. The highest BCUT2D eigenvalue weighted by Crippen LogP contribution is 2.32. The number of carbonyl (C=O) groups excluding carboxylic acids is 1. The second-order valence-corrected chi connectivity index (χ2v) is 7.92. The first-order valence-corrected chi connectivity index (χ1v) is 9.74. The number of phenolic OH excluding ortho intramolecular Hbond substituents is 1. The molecule has 7 nitrogen and oxygen atoms in total. The number of nitrogens with zero attached hydrogens (tertiary/aromatic N) is 1. The summed E-state index contributed by atoms with van der Waals surface area (Å²) < 4.78 is 35.2. The van der Waals surface area contributed by atoms with Crippen molar-refractivity contribution < 1.29 is 22.7 Å². The molecule has 0 unspecified atom stereocenters. The number of hydrogen-bond donors (Lipinski definition) is 2. The van der Waals surface area contributed by atoms with Crippen LogP contribution in [0.1, 0.15) is 28.1 Å². The molecule has 3 aromatic rings. The molecule has 0 spiro atoms. The van der Waals surface area contributed by atoms with E-state index in [1.54, 1.807) is 12.1 Å². The first-order valence-electron chi connectivity index (χ1n) is 8.30. The van der Waals surface area contributed by atoms with Gasteiger partial charge < -0.3 is 14.8 Å². The van der Waals surface area contributed by atoms with Crippen molar-refractivity contribution in [2.45, 2.75) is 18.2 Å². The van der Waals surface area contributed by atoms with E-state index in [0.29, 0.717) is 16.5 Å². The Labute approximate surface area is 155 Å². The number of amides is 1. The molecule has 0 saturated carbocycles. The van der Waals surface area contributed by atoms with Crippen LogP contribution in [0, 0.1) is 6.92 Å². The zero-order valence-corrected chi connectivity index (χ0v) is 15.2. The molecule has 0 aliphatic carbocycles. The molecule has 1 aromatic heterocycles. The maximum atomic E-state index is 12.8. The van der Waals surface area contributed by atoms with Crippen LogP contribution < -0.4 is 5.32 Å². The molecular formula is C19H16N2O5S. The van der Waals surface area contributed by atoms with Gasteiger partial charge in [0.2, 0.25) is 5.76 Å². The fraction of sp³-hybridized carbons (Fsp3) is 0.158. The quantitative estimate of drug-likeness (QED) is 0.706. The monoisotopic (exact) mass is 384 g/mol. The highest BCUT2D eigenvalue weighted by atomic mass is 32.2. The fourth-order valence-electron chi connectivity index (χ4n) is 3.03. The first-order chi connectivity index (χ1) is 12.8. The number of sulfonamides is 1. The number of nitrogens with one attached hydrogen (secondary N) is 1. The third-order valence-electron chi connectivity index (χ3n) is 4.36. The molecule has 2 N–H and O–H groups in total. The predicted octanol–water partition coefficient (Wildman–Crippen LogP) is 2.76. The molecule has 0 fully saturated rings. The van der Waals surface area contributed by atoms with Crippen LogP contribution in [0.25, 0.3) is 11.0 Å². The standard InChI is InChI=1S/C19H16N2O5S/c1-11-2-5-13(6-3-11)27(24,25)21-15-8-9-20-19(23)18-17(15)14-10-12(22)4-7-16(14)26-18/h2-7,10,22H,8-9H2,1H3,(H,20,23)/b21-15-. The van der Waals surface area contributed by atoms with Crippen molar-refractivity contribution in [2.24, 2.45) is 4.40 Å². The van der Waals surface area contributed by atoms with Crippen molar-refractivity contribution >= 4 is 32.6 Å². The largest absolute Gasteiger partial charge is 0.508 e. The van der Waals surface area contributed by atoms with E-state index in [0.717, 1.165) is 5.56 Å². The third-order valence-corrected chi connectivity index (χ3v) is 5.69. The Morgan fingerprint density at radius 3 is 2.63 bits per heavy atom. The lowest BCUT2D eigenvalue weighted by molar-refractivity contribution is 0.0931. The number of hydrogen-bond acceptors (Lipinski definition) is 5. The van der Waals surface area contributed by atoms with Crippen LogP contribution in [-0.2, 0) is 10.0 Å². The van der Waals surface area contributed by atoms with Gasteiger partial charge in [-0.2, -0.15) is 12.8 Å². The van der Waals surface area contributed by atoms with E-state index in [2.05, 4.69) is 9.71 Å². The van der Waals surface area contributed by atoms with E-state index < -0.39 is 15.9 Å². The average molecular weight is 384 g/mol. The van der Waals surface area contributed by atoms with E-state index in [9.17, 15) is 18.3 Å². The van der Waals surface area contributed by atoms with Gasteiger partial charge >= 0.3 is 0 Å². The van der Waals surface area contributed by atoms with Gasteiger partial charge in [0, 0.05) is 18.4 Å². The van der Waals surface area contributed by atoms with Gasteiger partial charge in [-0.3, -0.25) is 4.79 Å². The van der Waals surface area contributed by atoms with E-state index in [-0.39, 0.29) is 35.1 Å². The van der Waals surface area contributed by atoms with Crippen molar-refractivity contribution in [3.63, 3.8) is 0 Å². The maximum absolute atomic E-state index is 12.8. The van der Waals surface area contributed by atoms with Gasteiger partial charge in [0.15, 0.2) is 0 Å². The molecular weight excluding hydrogens is 368 g/mol. The molecule has 27 heavy (non-hydrogen) atoms. The third kappa shape index (κ3) is 3.08. The lowest BCUT2D eigenvalue weighted by Gasteiger charge is -2.05. The zero-order chi connectivity index (χ0) is 19.2. The second-order valence-electron chi connectivity index (χ2n) is 6.32. The molecule has 1 aliphatic heterocycles. The van der Waals surface area contributed by atoms with Gasteiger partial charge in [-0.1, -0.05) is 17.7 Å². The normalized spacial score (nSPS) is 16.2. The number of carbonyl (C=O) groups is 1. The summed E-state index contributed by atoms with van der Waals surface area (Å²) in [6.07, 6.45) is 0.216. The zero-order valence-electron chi connectivity index (χ0n) is 14.4. The topological polar surface area (TPSA) is 109 Å². The van der Waals surface area contributed by atoms with Gasteiger partial charge in [-0.05, 0) is 37.3 Å². The molecule has 0 atom stereocenters. The van der Waals surface area contributed by atoms with E-state index in [1.807, 2.05) is 6.92 Å². The molecule has 0 saturated heterocycles. The minimum absolute atomic E-state index is 0.00837. The molecule has 2 aromatic carbocycles. The molecule has 8 heteroatoms.